The Morgan fingerprint density at radius 3 is 2.86 bits per heavy atom. The van der Waals surface area contributed by atoms with E-state index in [4.69, 9.17) is 4.74 Å². The second-order valence-electron chi connectivity index (χ2n) is 3.92. The first-order chi connectivity index (χ1) is 6.85. The number of thiazole rings is 1. The number of aliphatic hydroxyl groups is 1. The van der Waals surface area contributed by atoms with Gasteiger partial charge in [-0.15, -0.1) is 11.3 Å². The standard InChI is InChI=1S/C10H15NO2S/c12-7-10(1-3-13-4-2-10)5-9-6-11-8-14-9/h6,8,12H,1-5,7H2. The van der Waals surface area contributed by atoms with E-state index in [0.29, 0.717) is 0 Å². The monoisotopic (exact) mass is 213 g/mol. The van der Waals surface area contributed by atoms with Gasteiger partial charge < -0.3 is 9.84 Å². The van der Waals surface area contributed by atoms with Crippen LogP contribution in [-0.2, 0) is 11.2 Å². The lowest BCUT2D eigenvalue weighted by Gasteiger charge is -2.35. The van der Waals surface area contributed by atoms with Crippen molar-refractivity contribution in [3.8, 4) is 0 Å². The molecule has 0 amide bonds. The van der Waals surface area contributed by atoms with Crippen LogP contribution < -0.4 is 0 Å². The summed E-state index contributed by atoms with van der Waals surface area (Å²) in [6, 6.07) is 0. The van der Waals surface area contributed by atoms with Crippen LogP contribution in [0.2, 0.25) is 0 Å². The van der Waals surface area contributed by atoms with Crippen LogP contribution in [0.15, 0.2) is 11.7 Å². The molecule has 1 aliphatic rings. The van der Waals surface area contributed by atoms with Crippen LogP contribution in [0.5, 0.6) is 0 Å². The molecule has 1 saturated heterocycles. The third-order valence-corrected chi connectivity index (χ3v) is 3.70. The fourth-order valence-corrected chi connectivity index (χ4v) is 2.66. The molecule has 0 saturated carbocycles. The molecule has 0 radical (unpaired) electrons. The second kappa shape index (κ2) is 4.38. The van der Waals surface area contributed by atoms with Crippen LogP contribution in [-0.4, -0.2) is 29.9 Å². The first-order valence-electron chi connectivity index (χ1n) is 4.91. The largest absolute Gasteiger partial charge is 0.396 e. The molecule has 0 atom stereocenters. The van der Waals surface area contributed by atoms with Crippen molar-refractivity contribution in [3.05, 3.63) is 16.6 Å². The summed E-state index contributed by atoms with van der Waals surface area (Å²) in [6.45, 7) is 1.81. The Bertz CT molecular complexity index is 268. The molecule has 1 aromatic heterocycles. The number of nitrogens with zero attached hydrogens (tertiary/aromatic N) is 1. The summed E-state index contributed by atoms with van der Waals surface area (Å²) in [5.41, 5.74) is 1.89. The minimum absolute atomic E-state index is 0.0464. The summed E-state index contributed by atoms with van der Waals surface area (Å²) in [5.74, 6) is 0. The lowest BCUT2D eigenvalue weighted by molar-refractivity contribution is -0.0153. The maximum atomic E-state index is 9.47. The van der Waals surface area contributed by atoms with Crippen LogP contribution in [0.4, 0.5) is 0 Å². The highest BCUT2D eigenvalue weighted by Gasteiger charge is 2.32. The summed E-state index contributed by atoms with van der Waals surface area (Å²) >= 11 is 1.67. The highest BCUT2D eigenvalue weighted by Crippen LogP contribution is 2.34. The van der Waals surface area contributed by atoms with Crippen LogP contribution >= 0.6 is 11.3 Å². The molecule has 3 nitrogen and oxygen atoms in total. The molecule has 14 heavy (non-hydrogen) atoms. The van der Waals surface area contributed by atoms with Gasteiger partial charge in [-0.1, -0.05) is 0 Å². The first-order valence-corrected chi connectivity index (χ1v) is 5.79. The van der Waals surface area contributed by atoms with Crippen molar-refractivity contribution in [1.82, 2.24) is 4.98 Å². The first kappa shape index (κ1) is 10.1. The van der Waals surface area contributed by atoms with Crippen molar-refractivity contribution in [3.63, 3.8) is 0 Å². The van der Waals surface area contributed by atoms with Crippen LogP contribution in [0.25, 0.3) is 0 Å². The summed E-state index contributed by atoms with van der Waals surface area (Å²) < 4.78 is 5.32. The zero-order valence-corrected chi connectivity index (χ0v) is 8.92. The fourth-order valence-electron chi connectivity index (χ4n) is 1.89. The van der Waals surface area contributed by atoms with Gasteiger partial charge in [0.25, 0.3) is 0 Å². The molecule has 0 unspecified atom stereocenters. The molecular weight excluding hydrogens is 198 g/mol. The average molecular weight is 213 g/mol. The van der Waals surface area contributed by atoms with Gasteiger partial charge in [0.1, 0.15) is 0 Å². The maximum absolute atomic E-state index is 9.47. The highest BCUT2D eigenvalue weighted by atomic mass is 32.1. The molecule has 2 rings (SSSR count). The van der Waals surface area contributed by atoms with E-state index in [0.717, 1.165) is 32.5 Å². The number of hydrogen-bond acceptors (Lipinski definition) is 4. The van der Waals surface area contributed by atoms with E-state index in [-0.39, 0.29) is 12.0 Å². The zero-order valence-electron chi connectivity index (χ0n) is 8.11. The quantitative estimate of drug-likeness (QED) is 0.827. The van der Waals surface area contributed by atoms with E-state index in [2.05, 4.69) is 4.98 Å². The number of hydrogen-bond donors (Lipinski definition) is 1. The molecule has 78 valence electrons. The minimum atomic E-state index is 0.0464. The topological polar surface area (TPSA) is 42.4 Å². The Balaban J connectivity index is 2.04. The van der Waals surface area contributed by atoms with E-state index in [9.17, 15) is 5.11 Å². The van der Waals surface area contributed by atoms with E-state index in [1.165, 1.54) is 4.88 Å². The van der Waals surface area contributed by atoms with Crippen molar-refractivity contribution in [2.24, 2.45) is 5.41 Å². The summed E-state index contributed by atoms with van der Waals surface area (Å²) in [4.78, 5) is 5.32. The van der Waals surface area contributed by atoms with E-state index in [1.807, 2.05) is 11.7 Å². The molecule has 1 aliphatic heterocycles. The Labute approximate surface area is 87.7 Å². The minimum Gasteiger partial charge on any atom is -0.396 e. The third kappa shape index (κ3) is 2.13. The molecule has 0 aromatic carbocycles. The lowest BCUT2D eigenvalue weighted by atomic mass is 9.78. The average Bonchev–Trinajstić information content (AvgIpc) is 2.72. The second-order valence-corrected chi connectivity index (χ2v) is 4.89. The van der Waals surface area contributed by atoms with Crippen molar-refractivity contribution < 1.29 is 9.84 Å². The van der Waals surface area contributed by atoms with E-state index >= 15 is 0 Å². The molecule has 0 aliphatic carbocycles. The van der Waals surface area contributed by atoms with Crippen molar-refractivity contribution in [2.75, 3.05) is 19.8 Å². The molecule has 1 fully saturated rings. The molecular formula is C10H15NO2S. The van der Waals surface area contributed by atoms with E-state index in [1.54, 1.807) is 11.3 Å². The van der Waals surface area contributed by atoms with Gasteiger partial charge in [0.15, 0.2) is 0 Å². The summed E-state index contributed by atoms with van der Waals surface area (Å²) in [5, 5.41) is 9.47. The van der Waals surface area contributed by atoms with Crippen LogP contribution in [0.1, 0.15) is 17.7 Å². The number of rotatable bonds is 3. The summed E-state index contributed by atoms with van der Waals surface area (Å²) in [7, 11) is 0. The van der Waals surface area contributed by atoms with Gasteiger partial charge in [0.05, 0.1) is 5.51 Å². The van der Waals surface area contributed by atoms with Gasteiger partial charge >= 0.3 is 0 Å². The molecule has 4 heteroatoms. The van der Waals surface area contributed by atoms with Gasteiger partial charge in [-0.2, -0.15) is 0 Å². The number of aliphatic hydroxyl groups excluding tert-OH is 1. The van der Waals surface area contributed by atoms with Crippen LogP contribution in [0, 0.1) is 5.41 Å². The fraction of sp³-hybridized carbons (Fsp3) is 0.700. The molecule has 0 bridgehead atoms. The molecule has 1 N–H and O–H groups in total. The van der Waals surface area contributed by atoms with Crippen molar-refractivity contribution in [2.45, 2.75) is 19.3 Å². The normalized spacial score (nSPS) is 20.9. The predicted molar refractivity (Wildman–Crippen MR) is 55.4 cm³/mol. The Hall–Kier alpha value is -0.450. The third-order valence-electron chi connectivity index (χ3n) is 2.92. The number of ether oxygens (including phenoxy) is 1. The zero-order chi connectivity index (χ0) is 9.86. The molecule has 1 aromatic rings. The molecule has 2 heterocycles. The van der Waals surface area contributed by atoms with E-state index < -0.39 is 0 Å². The van der Waals surface area contributed by atoms with Crippen molar-refractivity contribution >= 4 is 11.3 Å². The Morgan fingerprint density at radius 2 is 2.29 bits per heavy atom. The van der Waals surface area contributed by atoms with Crippen LogP contribution in [0.3, 0.4) is 0 Å². The summed E-state index contributed by atoms with van der Waals surface area (Å²) in [6.07, 6.45) is 4.76. The van der Waals surface area contributed by atoms with Crippen molar-refractivity contribution in [1.29, 1.82) is 0 Å². The van der Waals surface area contributed by atoms with Gasteiger partial charge in [-0.05, 0) is 19.3 Å². The predicted octanol–water partition coefficient (Wildman–Crippen LogP) is 1.47. The smallest absolute Gasteiger partial charge is 0.0794 e. The van der Waals surface area contributed by atoms with Gasteiger partial charge in [-0.3, -0.25) is 4.98 Å². The Kier molecular flexibility index (Phi) is 3.15. The van der Waals surface area contributed by atoms with Gasteiger partial charge in [0, 0.05) is 36.3 Å². The lowest BCUT2D eigenvalue weighted by Crippen LogP contribution is -2.34. The highest BCUT2D eigenvalue weighted by molar-refractivity contribution is 7.09. The molecule has 0 spiro atoms. The van der Waals surface area contributed by atoms with Gasteiger partial charge in [-0.25, -0.2) is 0 Å². The SMILES string of the molecule is OCC1(Cc2cncs2)CCOCC1. The maximum Gasteiger partial charge on any atom is 0.0794 e. The van der Waals surface area contributed by atoms with Gasteiger partial charge in [0.2, 0.25) is 0 Å². The Morgan fingerprint density at radius 1 is 1.50 bits per heavy atom. The number of aromatic nitrogens is 1.